The second-order valence-corrected chi connectivity index (χ2v) is 12.1. The van der Waals surface area contributed by atoms with Gasteiger partial charge in [0, 0.05) is 0 Å². The van der Waals surface area contributed by atoms with Gasteiger partial charge in [0.15, 0.2) is 0 Å². The van der Waals surface area contributed by atoms with Crippen LogP contribution in [0.4, 0.5) is 0 Å². The Kier molecular flexibility index (Phi) is 6.25. The minimum atomic E-state index is 1.22. The minimum absolute atomic E-state index is 1.22. The van der Waals surface area contributed by atoms with Crippen LogP contribution in [-0.4, -0.2) is 0 Å². The van der Waals surface area contributed by atoms with E-state index in [2.05, 4.69) is 182 Å². The lowest BCUT2D eigenvalue weighted by atomic mass is 9.83. The van der Waals surface area contributed by atoms with Crippen LogP contribution in [0.3, 0.4) is 0 Å². The van der Waals surface area contributed by atoms with Crippen molar-refractivity contribution in [1.29, 1.82) is 0 Å². The molecule has 0 heteroatoms. The van der Waals surface area contributed by atoms with Gasteiger partial charge in [-0.2, -0.15) is 0 Å². The molecular weight excluding hydrogens is 553 g/mol. The third-order valence-electron chi connectivity index (χ3n) is 9.45. The first-order valence-corrected chi connectivity index (χ1v) is 15.9. The highest BCUT2D eigenvalue weighted by molar-refractivity contribution is 6.26. The third kappa shape index (κ3) is 4.30. The van der Waals surface area contributed by atoms with Crippen LogP contribution in [0.5, 0.6) is 0 Å². The lowest BCUT2D eigenvalue weighted by Gasteiger charge is -2.20. The van der Waals surface area contributed by atoms with E-state index in [9.17, 15) is 0 Å². The molecule has 9 aromatic carbocycles. The fraction of sp³-hybridized carbons (Fsp3) is 0. The molecule has 0 saturated heterocycles. The highest BCUT2D eigenvalue weighted by Crippen LogP contribution is 2.47. The van der Waals surface area contributed by atoms with Crippen LogP contribution in [0.2, 0.25) is 0 Å². The Morgan fingerprint density at radius 1 is 0.217 bits per heavy atom. The Morgan fingerprint density at radius 2 is 0.674 bits per heavy atom. The zero-order valence-electron chi connectivity index (χ0n) is 25.3. The summed E-state index contributed by atoms with van der Waals surface area (Å²) in [6, 6.07) is 66.5. The number of fused-ring (bicyclic) bond motifs is 5. The quantitative estimate of drug-likeness (QED) is 0.143. The Labute approximate surface area is 268 Å². The molecule has 0 aromatic heterocycles. The molecule has 0 heterocycles. The molecule has 0 fully saturated rings. The maximum atomic E-state index is 2.41. The predicted molar refractivity (Wildman–Crippen MR) is 198 cm³/mol. The summed E-state index contributed by atoms with van der Waals surface area (Å²) in [5, 5.41) is 10.2. The van der Waals surface area contributed by atoms with Gasteiger partial charge in [-0.05, 0) is 99.7 Å². The van der Waals surface area contributed by atoms with E-state index in [-0.39, 0.29) is 0 Å². The zero-order valence-corrected chi connectivity index (χ0v) is 25.3. The molecule has 0 atom stereocenters. The average Bonchev–Trinajstić information content (AvgIpc) is 3.14. The number of benzene rings is 9. The Balaban J connectivity index is 1.40. The van der Waals surface area contributed by atoms with E-state index in [4.69, 9.17) is 0 Å². The van der Waals surface area contributed by atoms with Gasteiger partial charge in [-0.15, -0.1) is 0 Å². The summed E-state index contributed by atoms with van der Waals surface area (Å²) >= 11 is 0. The molecule has 9 aromatic rings. The summed E-state index contributed by atoms with van der Waals surface area (Å²) in [5.41, 5.74) is 9.96. The molecule has 0 radical (unpaired) electrons. The summed E-state index contributed by atoms with van der Waals surface area (Å²) in [7, 11) is 0. The molecule has 0 aliphatic carbocycles. The number of rotatable bonds is 4. The maximum absolute atomic E-state index is 2.41. The Morgan fingerprint density at radius 3 is 1.37 bits per heavy atom. The molecule has 9 rings (SSSR count). The van der Waals surface area contributed by atoms with Crippen LogP contribution < -0.4 is 0 Å². The zero-order chi connectivity index (χ0) is 30.5. The summed E-state index contributed by atoms with van der Waals surface area (Å²) in [6.07, 6.45) is 0. The minimum Gasteiger partial charge on any atom is -0.0622 e. The van der Waals surface area contributed by atoms with Gasteiger partial charge in [0.05, 0.1) is 0 Å². The second-order valence-electron chi connectivity index (χ2n) is 12.1. The third-order valence-corrected chi connectivity index (χ3v) is 9.45. The molecule has 46 heavy (non-hydrogen) atoms. The normalized spacial score (nSPS) is 11.5. The van der Waals surface area contributed by atoms with Crippen molar-refractivity contribution >= 4 is 43.1 Å². The van der Waals surface area contributed by atoms with Gasteiger partial charge in [-0.3, -0.25) is 0 Å². The van der Waals surface area contributed by atoms with Gasteiger partial charge in [-0.25, -0.2) is 0 Å². The summed E-state index contributed by atoms with van der Waals surface area (Å²) in [5.74, 6) is 0. The molecule has 0 bridgehead atoms. The molecular formula is C46H30. The molecule has 0 saturated carbocycles. The maximum Gasteiger partial charge on any atom is -0.00197 e. The van der Waals surface area contributed by atoms with Crippen molar-refractivity contribution in [3.05, 3.63) is 182 Å². The molecule has 0 nitrogen and oxygen atoms in total. The first-order valence-electron chi connectivity index (χ1n) is 15.9. The lowest BCUT2D eigenvalue weighted by Crippen LogP contribution is -1.93. The van der Waals surface area contributed by atoms with E-state index >= 15 is 0 Å². The highest BCUT2D eigenvalue weighted by atomic mass is 14.2. The van der Waals surface area contributed by atoms with E-state index in [1.165, 1.54) is 87.6 Å². The number of hydrogen-bond acceptors (Lipinski definition) is 0. The van der Waals surface area contributed by atoms with E-state index in [1.54, 1.807) is 0 Å². The molecule has 0 unspecified atom stereocenters. The van der Waals surface area contributed by atoms with Gasteiger partial charge in [0.25, 0.3) is 0 Å². The van der Waals surface area contributed by atoms with Crippen molar-refractivity contribution in [2.24, 2.45) is 0 Å². The predicted octanol–water partition coefficient (Wildman–Crippen LogP) is 13.0. The van der Waals surface area contributed by atoms with Crippen molar-refractivity contribution in [1.82, 2.24) is 0 Å². The molecule has 0 aliphatic heterocycles. The molecule has 214 valence electrons. The molecule has 0 spiro atoms. The standard InChI is InChI=1S/C46H30/c1-3-13-31(14-4-1)33-23-25-34(26-24-33)45-40-21-11-12-22-41(40)46(44-29-35(27-28-42(44)45)32-15-5-2-6-16-32)43-30-36-17-7-8-18-37(36)38-19-9-10-20-39(38)43/h1-30H. The monoisotopic (exact) mass is 582 g/mol. The van der Waals surface area contributed by atoms with Gasteiger partial charge < -0.3 is 0 Å². The summed E-state index contributed by atoms with van der Waals surface area (Å²) in [6.45, 7) is 0. The van der Waals surface area contributed by atoms with Crippen LogP contribution in [0, 0.1) is 0 Å². The number of hydrogen-bond donors (Lipinski definition) is 0. The van der Waals surface area contributed by atoms with E-state index < -0.39 is 0 Å². The van der Waals surface area contributed by atoms with E-state index in [0.717, 1.165) is 0 Å². The molecule has 0 amide bonds. The average molecular weight is 583 g/mol. The van der Waals surface area contributed by atoms with Crippen molar-refractivity contribution in [2.75, 3.05) is 0 Å². The first-order chi connectivity index (χ1) is 22.8. The van der Waals surface area contributed by atoms with Crippen molar-refractivity contribution in [3.8, 4) is 44.5 Å². The summed E-state index contributed by atoms with van der Waals surface area (Å²) in [4.78, 5) is 0. The second kappa shape index (κ2) is 10.9. The van der Waals surface area contributed by atoms with Crippen LogP contribution in [-0.2, 0) is 0 Å². The lowest BCUT2D eigenvalue weighted by molar-refractivity contribution is 1.61. The van der Waals surface area contributed by atoms with Crippen LogP contribution in [0.1, 0.15) is 0 Å². The first kappa shape index (κ1) is 26.4. The topological polar surface area (TPSA) is 0 Å². The van der Waals surface area contributed by atoms with Crippen molar-refractivity contribution < 1.29 is 0 Å². The van der Waals surface area contributed by atoms with Gasteiger partial charge in [-0.1, -0.05) is 170 Å². The smallest absolute Gasteiger partial charge is 0.00197 e. The Hall–Kier alpha value is -5.98. The Bertz CT molecular complexity index is 2540. The van der Waals surface area contributed by atoms with Gasteiger partial charge in [0.1, 0.15) is 0 Å². The van der Waals surface area contributed by atoms with Crippen LogP contribution >= 0.6 is 0 Å². The fourth-order valence-corrected chi connectivity index (χ4v) is 7.31. The fourth-order valence-electron chi connectivity index (χ4n) is 7.31. The molecule has 0 N–H and O–H groups in total. The highest BCUT2D eigenvalue weighted by Gasteiger charge is 2.20. The van der Waals surface area contributed by atoms with Gasteiger partial charge in [0.2, 0.25) is 0 Å². The summed E-state index contributed by atoms with van der Waals surface area (Å²) < 4.78 is 0. The largest absolute Gasteiger partial charge is 0.0622 e. The van der Waals surface area contributed by atoms with Crippen LogP contribution in [0.15, 0.2) is 182 Å². The van der Waals surface area contributed by atoms with Crippen molar-refractivity contribution in [3.63, 3.8) is 0 Å². The van der Waals surface area contributed by atoms with E-state index in [0.29, 0.717) is 0 Å². The van der Waals surface area contributed by atoms with E-state index in [1.807, 2.05) is 0 Å². The SMILES string of the molecule is c1ccc(-c2ccc(-c3c4ccccc4c(-c4cc5ccccc5c5ccccc45)c4cc(-c5ccccc5)ccc34)cc2)cc1. The van der Waals surface area contributed by atoms with Crippen molar-refractivity contribution in [2.45, 2.75) is 0 Å². The van der Waals surface area contributed by atoms with Gasteiger partial charge >= 0.3 is 0 Å². The molecule has 0 aliphatic rings. The van der Waals surface area contributed by atoms with Crippen LogP contribution in [0.25, 0.3) is 87.6 Å².